The lowest BCUT2D eigenvalue weighted by Gasteiger charge is -2.28. The molecule has 1 aromatic rings. The highest BCUT2D eigenvalue weighted by Gasteiger charge is 2.21. The molecule has 0 spiro atoms. The molecule has 1 heterocycles. The molecule has 18 heavy (non-hydrogen) atoms. The van der Waals surface area contributed by atoms with E-state index in [-0.39, 0.29) is 0 Å². The molecular formula is C14H21ClN2O. The van der Waals surface area contributed by atoms with Crippen LogP contribution >= 0.6 is 11.6 Å². The van der Waals surface area contributed by atoms with Crippen molar-refractivity contribution in [3.05, 3.63) is 28.8 Å². The topological polar surface area (TPSA) is 38.5 Å². The first-order valence-electron chi connectivity index (χ1n) is 6.60. The molecule has 0 saturated carbocycles. The molecule has 100 valence electrons. The maximum absolute atomic E-state index is 6.33. The van der Waals surface area contributed by atoms with Gasteiger partial charge in [0.2, 0.25) is 0 Å². The van der Waals surface area contributed by atoms with Crippen molar-refractivity contribution < 1.29 is 4.74 Å². The number of hydrogen-bond acceptors (Lipinski definition) is 3. The van der Waals surface area contributed by atoms with Crippen LogP contribution in [0.2, 0.25) is 5.02 Å². The van der Waals surface area contributed by atoms with Crippen molar-refractivity contribution in [1.82, 2.24) is 0 Å². The van der Waals surface area contributed by atoms with E-state index >= 15 is 0 Å². The lowest BCUT2D eigenvalue weighted by molar-refractivity contribution is 0.115. The van der Waals surface area contributed by atoms with Crippen molar-refractivity contribution >= 4 is 17.3 Å². The Bertz CT molecular complexity index is 391. The third-order valence-corrected chi connectivity index (χ3v) is 3.74. The number of anilines is 1. The molecule has 0 radical (unpaired) electrons. The van der Waals surface area contributed by atoms with E-state index in [9.17, 15) is 0 Å². The normalized spacial score (nSPS) is 19.2. The Kier molecular flexibility index (Phi) is 4.87. The van der Waals surface area contributed by atoms with Gasteiger partial charge in [-0.05, 0) is 31.4 Å². The zero-order valence-corrected chi connectivity index (χ0v) is 11.6. The highest BCUT2D eigenvalue weighted by molar-refractivity contribution is 6.33. The molecule has 0 amide bonds. The van der Waals surface area contributed by atoms with E-state index in [2.05, 4.69) is 11.8 Å². The first-order chi connectivity index (χ1) is 8.76. The lowest BCUT2D eigenvalue weighted by atomic mass is 10.1. The molecule has 1 aromatic carbocycles. The van der Waals surface area contributed by atoms with Gasteiger partial charge >= 0.3 is 0 Å². The van der Waals surface area contributed by atoms with Gasteiger partial charge in [-0.25, -0.2) is 0 Å². The highest BCUT2D eigenvalue weighted by atomic mass is 35.5. The fourth-order valence-corrected chi connectivity index (χ4v) is 2.81. The lowest BCUT2D eigenvalue weighted by Crippen LogP contribution is -2.33. The average molecular weight is 269 g/mol. The molecule has 0 aliphatic carbocycles. The summed E-state index contributed by atoms with van der Waals surface area (Å²) in [6.45, 7) is 5.34. The van der Waals surface area contributed by atoms with E-state index in [4.69, 9.17) is 22.1 Å². The number of halogens is 1. The summed E-state index contributed by atoms with van der Waals surface area (Å²) in [7, 11) is 0. The Morgan fingerprint density at radius 2 is 2.33 bits per heavy atom. The molecule has 0 aromatic heterocycles. The zero-order valence-electron chi connectivity index (χ0n) is 10.9. The van der Waals surface area contributed by atoms with Gasteiger partial charge in [-0.2, -0.15) is 0 Å². The van der Waals surface area contributed by atoms with Gasteiger partial charge < -0.3 is 15.4 Å². The number of rotatable bonds is 5. The van der Waals surface area contributed by atoms with E-state index < -0.39 is 0 Å². The Morgan fingerprint density at radius 3 is 2.94 bits per heavy atom. The van der Waals surface area contributed by atoms with Crippen LogP contribution in [0.1, 0.15) is 25.3 Å². The number of hydrogen-bond donors (Lipinski definition) is 1. The zero-order chi connectivity index (χ0) is 13.0. The molecule has 1 atom stereocenters. The summed E-state index contributed by atoms with van der Waals surface area (Å²) in [5.41, 5.74) is 7.97. The summed E-state index contributed by atoms with van der Waals surface area (Å²) >= 11 is 6.33. The molecule has 2 N–H and O–H groups in total. The van der Waals surface area contributed by atoms with Gasteiger partial charge in [-0.15, -0.1) is 0 Å². The molecule has 4 heteroatoms. The van der Waals surface area contributed by atoms with Gasteiger partial charge in [0, 0.05) is 26.2 Å². The largest absolute Gasteiger partial charge is 0.376 e. The summed E-state index contributed by atoms with van der Waals surface area (Å²) in [5, 5.41) is 0.776. The first kappa shape index (κ1) is 13.7. The summed E-state index contributed by atoms with van der Waals surface area (Å²) in [6.07, 6.45) is 2.62. The SMILES string of the molecule is CCN(CC1CCCO1)c1c(Cl)cccc1CN. The smallest absolute Gasteiger partial charge is 0.0750 e. The predicted molar refractivity (Wildman–Crippen MR) is 76.2 cm³/mol. The maximum atomic E-state index is 6.33. The molecule has 1 aliphatic heterocycles. The summed E-state index contributed by atoms with van der Waals surface area (Å²) in [4.78, 5) is 2.28. The van der Waals surface area contributed by atoms with E-state index in [0.29, 0.717) is 12.6 Å². The van der Waals surface area contributed by atoms with Gasteiger partial charge in [0.1, 0.15) is 0 Å². The minimum atomic E-state index is 0.326. The van der Waals surface area contributed by atoms with Gasteiger partial charge in [0.05, 0.1) is 16.8 Å². The van der Waals surface area contributed by atoms with E-state index in [1.54, 1.807) is 0 Å². The van der Waals surface area contributed by atoms with Crippen LogP contribution in [0.15, 0.2) is 18.2 Å². The molecule has 0 bridgehead atoms. The van der Waals surface area contributed by atoms with E-state index in [0.717, 1.165) is 48.8 Å². The van der Waals surface area contributed by atoms with Crippen molar-refractivity contribution in [1.29, 1.82) is 0 Å². The number of likely N-dealkylation sites (N-methyl/N-ethyl adjacent to an activating group) is 1. The van der Waals surface area contributed by atoms with E-state index in [1.807, 2.05) is 18.2 Å². The monoisotopic (exact) mass is 268 g/mol. The van der Waals surface area contributed by atoms with Crippen LogP contribution in [0, 0.1) is 0 Å². The van der Waals surface area contributed by atoms with Crippen LogP contribution in [-0.2, 0) is 11.3 Å². The number of nitrogens with zero attached hydrogens (tertiary/aromatic N) is 1. The van der Waals surface area contributed by atoms with Gasteiger partial charge in [0.15, 0.2) is 0 Å². The van der Waals surface area contributed by atoms with Crippen molar-refractivity contribution in [3.8, 4) is 0 Å². The Morgan fingerprint density at radius 1 is 1.50 bits per heavy atom. The van der Waals surface area contributed by atoms with Gasteiger partial charge in [0.25, 0.3) is 0 Å². The van der Waals surface area contributed by atoms with Gasteiger partial charge in [-0.3, -0.25) is 0 Å². The Hall–Kier alpha value is -0.770. The third-order valence-electron chi connectivity index (χ3n) is 3.44. The third kappa shape index (κ3) is 2.97. The number of nitrogens with two attached hydrogens (primary N) is 1. The van der Waals surface area contributed by atoms with Crippen LogP contribution in [0.3, 0.4) is 0 Å². The van der Waals surface area contributed by atoms with Crippen LogP contribution in [0.25, 0.3) is 0 Å². The summed E-state index contributed by atoms with van der Waals surface area (Å²) < 4.78 is 5.70. The van der Waals surface area contributed by atoms with Crippen molar-refractivity contribution in [2.75, 3.05) is 24.6 Å². The quantitative estimate of drug-likeness (QED) is 0.893. The molecule has 1 saturated heterocycles. The van der Waals surface area contributed by atoms with Crippen LogP contribution in [0.4, 0.5) is 5.69 Å². The van der Waals surface area contributed by atoms with Crippen LogP contribution in [0.5, 0.6) is 0 Å². The number of ether oxygens (including phenoxy) is 1. The Balaban J connectivity index is 2.20. The summed E-state index contributed by atoms with van der Waals surface area (Å²) in [5.74, 6) is 0. The molecule has 1 unspecified atom stereocenters. The minimum Gasteiger partial charge on any atom is -0.376 e. The van der Waals surface area contributed by atoms with Crippen LogP contribution in [-0.4, -0.2) is 25.8 Å². The van der Waals surface area contributed by atoms with Gasteiger partial charge in [-0.1, -0.05) is 23.7 Å². The predicted octanol–water partition coefficient (Wildman–Crippen LogP) is 2.80. The molecule has 1 fully saturated rings. The maximum Gasteiger partial charge on any atom is 0.0750 e. The second kappa shape index (κ2) is 6.41. The Labute approximate surface area is 114 Å². The second-order valence-corrected chi connectivity index (χ2v) is 5.03. The minimum absolute atomic E-state index is 0.326. The highest BCUT2D eigenvalue weighted by Crippen LogP contribution is 2.30. The van der Waals surface area contributed by atoms with Crippen molar-refractivity contribution in [2.45, 2.75) is 32.4 Å². The fourth-order valence-electron chi connectivity index (χ4n) is 2.49. The second-order valence-electron chi connectivity index (χ2n) is 4.63. The number of para-hydroxylation sites is 1. The standard InChI is InChI=1S/C14H21ClN2O/c1-2-17(10-12-6-4-8-18-12)14-11(9-16)5-3-7-13(14)15/h3,5,7,12H,2,4,6,8-10,16H2,1H3. The van der Waals surface area contributed by atoms with Crippen molar-refractivity contribution in [3.63, 3.8) is 0 Å². The molecule has 3 nitrogen and oxygen atoms in total. The van der Waals surface area contributed by atoms with E-state index in [1.165, 1.54) is 0 Å². The van der Waals surface area contributed by atoms with Crippen LogP contribution < -0.4 is 10.6 Å². The number of benzene rings is 1. The average Bonchev–Trinajstić information content (AvgIpc) is 2.89. The fraction of sp³-hybridized carbons (Fsp3) is 0.571. The molecular weight excluding hydrogens is 248 g/mol. The molecule has 2 rings (SSSR count). The first-order valence-corrected chi connectivity index (χ1v) is 6.98. The van der Waals surface area contributed by atoms with Crippen molar-refractivity contribution in [2.24, 2.45) is 5.73 Å². The molecule has 1 aliphatic rings. The summed E-state index contributed by atoms with van der Waals surface area (Å²) in [6, 6.07) is 5.92.